The Balaban J connectivity index is -0.000000104. The quantitative estimate of drug-likeness (QED) is 0.109. The molecule has 29 heavy (non-hydrogen) atoms. The maximum atomic E-state index is 8.09. The second-order valence-electron chi connectivity index (χ2n) is 5.11. The summed E-state index contributed by atoms with van der Waals surface area (Å²) in [6.07, 6.45) is 3.33. The first-order chi connectivity index (χ1) is 13.2. The third kappa shape index (κ3) is 58.4. The first-order valence-electron chi connectivity index (χ1n) is 9.57. The molecule has 0 atom stereocenters. The first-order valence-corrected chi connectivity index (χ1v) is 9.57. The molecule has 184 valence electrons. The van der Waals surface area contributed by atoms with Crippen molar-refractivity contribution in [3.63, 3.8) is 0 Å². The van der Waals surface area contributed by atoms with Gasteiger partial charge in [0, 0.05) is 39.4 Å². The highest BCUT2D eigenvalue weighted by molar-refractivity contribution is 4.41. The highest BCUT2D eigenvalue weighted by Crippen LogP contribution is 1.96. The van der Waals surface area contributed by atoms with Crippen molar-refractivity contribution in [1.29, 1.82) is 0 Å². The van der Waals surface area contributed by atoms with Gasteiger partial charge in [0.15, 0.2) is 0 Å². The van der Waals surface area contributed by atoms with E-state index in [4.69, 9.17) is 47.4 Å². The number of aliphatic hydroxyl groups excluding tert-OH is 2. The van der Waals surface area contributed by atoms with Crippen LogP contribution in [0.15, 0.2) is 0 Å². The molecule has 0 aromatic rings. The lowest BCUT2D eigenvalue weighted by molar-refractivity contribution is 0.0650. The van der Waals surface area contributed by atoms with Gasteiger partial charge in [0.05, 0.1) is 52.9 Å². The van der Waals surface area contributed by atoms with Crippen LogP contribution in [0.3, 0.4) is 0 Å². The van der Waals surface area contributed by atoms with Crippen LogP contribution in [0.4, 0.5) is 0 Å². The van der Waals surface area contributed by atoms with Crippen molar-refractivity contribution in [2.24, 2.45) is 22.9 Å². The van der Waals surface area contributed by atoms with Gasteiger partial charge in [-0.05, 0) is 19.3 Å². The summed E-state index contributed by atoms with van der Waals surface area (Å²) in [5, 5.41) is 16.2. The van der Waals surface area contributed by atoms with Gasteiger partial charge >= 0.3 is 0 Å². The van der Waals surface area contributed by atoms with Crippen LogP contribution in [-0.2, 0) is 18.9 Å². The van der Waals surface area contributed by atoms with Gasteiger partial charge in [-0.25, -0.2) is 0 Å². The van der Waals surface area contributed by atoms with E-state index in [-0.39, 0.29) is 24.8 Å². The molecule has 0 aromatic heterocycles. The molecule has 0 bridgehead atoms. The van der Waals surface area contributed by atoms with Crippen molar-refractivity contribution in [3.8, 4) is 0 Å². The van der Waals surface area contributed by atoms with Gasteiger partial charge in [-0.1, -0.05) is 0 Å². The second kappa shape index (κ2) is 46.0. The summed E-state index contributed by atoms with van der Waals surface area (Å²) in [5.41, 5.74) is 20.7. The van der Waals surface area contributed by atoms with Crippen molar-refractivity contribution in [2.45, 2.75) is 19.3 Å². The van der Waals surface area contributed by atoms with E-state index >= 15 is 0 Å². The number of hydrogen-bond acceptors (Lipinski definition) is 11. The Labute approximate surface area is 176 Å². The number of aliphatic hydroxyl groups is 2. The van der Waals surface area contributed by atoms with Crippen LogP contribution in [0.1, 0.15) is 19.3 Å². The fourth-order valence-electron chi connectivity index (χ4n) is 1.46. The van der Waals surface area contributed by atoms with E-state index in [0.29, 0.717) is 65.8 Å². The minimum absolute atomic E-state index is 0. The molecule has 0 saturated carbocycles. The standard InChI is InChI=1S/C9H22N2O2.C4H12N2O.C4H10O3.H3N.H2O/c10-4-8-12-6-2-1-3-7-13-9-5-11;2*5-1-3-7-4-2-6;;/h1-11H2;1-6H2;5-6H,1-4H2;1H3;1H2. The Kier molecular flexibility index (Phi) is 61.9. The molecular formula is C17H49N5O7. The fourth-order valence-corrected chi connectivity index (χ4v) is 1.46. The lowest BCUT2D eigenvalue weighted by Gasteiger charge is -2.03. The van der Waals surface area contributed by atoms with E-state index in [1.807, 2.05) is 0 Å². The van der Waals surface area contributed by atoms with Gasteiger partial charge in [0.25, 0.3) is 0 Å². The van der Waals surface area contributed by atoms with Gasteiger partial charge in [0.2, 0.25) is 0 Å². The topological polar surface area (TPSA) is 248 Å². The minimum atomic E-state index is 0. The van der Waals surface area contributed by atoms with Gasteiger partial charge in [0.1, 0.15) is 0 Å². The molecule has 12 nitrogen and oxygen atoms in total. The molecule has 0 amide bonds. The molecule has 0 aromatic carbocycles. The van der Waals surface area contributed by atoms with E-state index in [2.05, 4.69) is 4.74 Å². The summed E-state index contributed by atoms with van der Waals surface area (Å²) in [7, 11) is 0. The Morgan fingerprint density at radius 1 is 0.448 bits per heavy atom. The molecular weight excluding hydrogens is 386 g/mol. The third-order valence-electron chi connectivity index (χ3n) is 2.60. The van der Waals surface area contributed by atoms with Crippen LogP contribution in [0.5, 0.6) is 0 Å². The van der Waals surface area contributed by atoms with E-state index < -0.39 is 0 Å². The number of nitrogens with two attached hydrogens (primary N) is 4. The molecule has 12 heteroatoms. The lowest BCUT2D eigenvalue weighted by atomic mass is 10.2. The van der Waals surface area contributed by atoms with Crippen molar-refractivity contribution in [3.05, 3.63) is 0 Å². The Morgan fingerprint density at radius 3 is 1.00 bits per heavy atom. The number of hydrogen-bond donors (Lipinski definition) is 7. The Morgan fingerprint density at radius 2 is 0.724 bits per heavy atom. The average molecular weight is 436 g/mol. The monoisotopic (exact) mass is 435 g/mol. The highest BCUT2D eigenvalue weighted by Gasteiger charge is 1.90. The maximum Gasteiger partial charge on any atom is 0.0698 e. The van der Waals surface area contributed by atoms with Gasteiger partial charge in [-0.15, -0.1) is 0 Å². The molecule has 0 radical (unpaired) electrons. The van der Waals surface area contributed by atoms with Gasteiger partial charge in [-0.2, -0.15) is 0 Å². The van der Waals surface area contributed by atoms with Crippen LogP contribution in [0.2, 0.25) is 0 Å². The van der Waals surface area contributed by atoms with Gasteiger partial charge < -0.3 is 63.7 Å². The first kappa shape index (κ1) is 39.0. The van der Waals surface area contributed by atoms with Crippen LogP contribution < -0.4 is 29.1 Å². The zero-order valence-corrected chi connectivity index (χ0v) is 18.1. The number of unbranched alkanes of at least 4 members (excludes halogenated alkanes) is 2. The predicted molar refractivity (Wildman–Crippen MR) is 116 cm³/mol. The van der Waals surface area contributed by atoms with Crippen molar-refractivity contribution >= 4 is 0 Å². The van der Waals surface area contributed by atoms with E-state index in [0.717, 1.165) is 32.5 Å². The normalized spacial score (nSPS) is 9.31. The van der Waals surface area contributed by atoms with Crippen molar-refractivity contribution < 1.29 is 34.6 Å². The van der Waals surface area contributed by atoms with E-state index in [1.54, 1.807) is 0 Å². The molecule has 15 N–H and O–H groups in total. The summed E-state index contributed by atoms with van der Waals surface area (Å²) in [6, 6.07) is 0. The summed E-state index contributed by atoms with van der Waals surface area (Å²) in [4.78, 5) is 0. The van der Waals surface area contributed by atoms with Crippen LogP contribution in [0, 0.1) is 0 Å². The van der Waals surface area contributed by atoms with E-state index in [9.17, 15) is 0 Å². The van der Waals surface area contributed by atoms with Crippen LogP contribution in [0.25, 0.3) is 0 Å². The molecule has 0 unspecified atom stereocenters. The molecule has 0 heterocycles. The summed E-state index contributed by atoms with van der Waals surface area (Å²) < 4.78 is 20.0. The predicted octanol–water partition coefficient (Wildman–Crippen LogP) is -2.65. The highest BCUT2D eigenvalue weighted by atomic mass is 16.5. The van der Waals surface area contributed by atoms with Crippen molar-refractivity contribution in [1.82, 2.24) is 6.15 Å². The largest absolute Gasteiger partial charge is 0.412 e. The minimum Gasteiger partial charge on any atom is -0.412 e. The lowest BCUT2D eigenvalue weighted by Crippen LogP contribution is -2.13. The molecule has 0 saturated heterocycles. The molecule has 0 fully saturated rings. The van der Waals surface area contributed by atoms with Gasteiger partial charge in [-0.3, -0.25) is 0 Å². The zero-order valence-electron chi connectivity index (χ0n) is 18.1. The molecule has 0 aliphatic rings. The van der Waals surface area contributed by atoms with Crippen LogP contribution >= 0.6 is 0 Å². The molecule has 0 aliphatic heterocycles. The number of rotatable bonds is 18. The van der Waals surface area contributed by atoms with E-state index in [1.165, 1.54) is 0 Å². The zero-order chi connectivity index (χ0) is 20.8. The average Bonchev–Trinajstić information content (AvgIpc) is 2.69. The SMILES string of the molecule is N.NCCOCCCCCOCCN.NCCOCCN.O.OCCOCCO. The summed E-state index contributed by atoms with van der Waals surface area (Å²) in [5.74, 6) is 0. The third-order valence-corrected chi connectivity index (χ3v) is 2.60. The molecule has 0 aliphatic carbocycles. The fraction of sp³-hybridized carbons (Fsp3) is 1.00. The summed E-state index contributed by atoms with van der Waals surface area (Å²) in [6.45, 7) is 7.30. The van der Waals surface area contributed by atoms with Crippen LogP contribution in [-0.4, -0.2) is 108 Å². The maximum absolute atomic E-state index is 8.09. The molecule has 0 spiro atoms. The van der Waals surface area contributed by atoms with Crippen molar-refractivity contribution in [2.75, 3.05) is 92.2 Å². The Bertz CT molecular complexity index is 197. The molecule has 0 rings (SSSR count). The Hall–Kier alpha value is -0.480. The summed E-state index contributed by atoms with van der Waals surface area (Å²) >= 11 is 0. The smallest absolute Gasteiger partial charge is 0.0698 e. The number of ether oxygens (including phenoxy) is 4. The second-order valence-corrected chi connectivity index (χ2v) is 5.11.